The highest BCUT2D eigenvalue weighted by Crippen LogP contribution is 2.25. The van der Waals surface area contributed by atoms with Crippen molar-refractivity contribution in [2.45, 2.75) is 57.1 Å². The van der Waals surface area contributed by atoms with Crippen molar-refractivity contribution in [1.29, 1.82) is 0 Å². The number of ether oxygens (including phenoxy) is 1. The van der Waals surface area contributed by atoms with Gasteiger partial charge in [-0.3, -0.25) is 4.79 Å². The zero-order valence-electron chi connectivity index (χ0n) is 15.3. The van der Waals surface area contributed by atoms with E-state index >= 15 is 0 Å². The normalized spacial score (nSPS) is 24.4. The summed E-state index contributed by atoms with van der Waals surface area (Å²) in [5.74, 6) is -2.45. The first kappa shape index (κ1) is 22.7. The second-order valence-electron chi connectivity index (χ2n) is 6.73. The van der Waals surface area contributed by atoms with Gasteiger partial charge in [-0.15, -0.1) is 0 Å². The summed E-state index contributed by atoms with van der Waals surface area (Å²) in [6.07, 6.45) is -2.84. The summed E-state index contributed by atoms with van der Waals surface area (Å²) in [7, 11) is 0. The standard InChI is InChI=1S/C16H28N4O7/c1-7(2)3-4-11(23)20-12-8(19-16(17)18)5-10(15(25)26)27-14(12)13(24)9(22)6-21/h5,7-9,12-14,21-22,24H,3-4,6H2,1-2H3,(H,20,23)(H,25,26)(H4,17,18,19). The molecule has 1 heterocycles. The number of aliphatic hydroxyl groups excluding tert-OH is 3. The van der Waals surface area contributed by atoms with Crippen LogP contribution in [0.25, 0.3) is 0 Å². The number of nitrogens with zero attached hydrogens (tertiary/aromatic N) is 1. The second kappa shape index (κ2) is 10.1. The molecule has 5 unspecified atom stereocenters. The van der Waals surface area contributed by atoms with Gasteiger partial charge in [-0.1, -0.05) is 13.8 Å². The minimum atomic E-state index is -1.70. The highest BCUT2D eigenvalue weighted by Gasteiger charge is 2.43. The molecule has 0 saturated heterocycles. The molecule has 1 rings (SSSR count). The molecule has 0 bridgehead atoms. The fraction of sp³-hybridized carbons (Fsp3) is 0.688. The lowest BCUT2D eigenvalue weighted by Gasteiger charge is -2.38. The number of aliphatic imine (C=N–C) groups is 1. The number of carbonyl (C=O) groups excluding carboxylic acids is 1. The van der Waals surface area contributed by atoms with Crippen LogP contribution >= 0.6 is 0 Å². The summed E-state index contributed by atoms with van der Waals surface area (Å²) in [5.41, 5.74) is 10.8. The maximum absolute atomic E-state index is 12.3. The number of rotatable bonds is 9. The third-order valence-corrected chi connectivity index (χ3v) is 4.01. The Labute approximate surface area is 156 Å². The minimum Gasteiger partial charge on any atom is -0.478 e. The number of nitrogens with two attached hydrogens (primary N) is 2. The molecule has 0 saturated carbocycles. The van der Waals surface area contributed by atoms with Crippen molar-refractivity contribution in [2.24, 2.45) is 22.4 Å². The molecule has 0 fully saturated rings. The van der Waals surface area contributed by atoms with Gasteiger partial charge in [0.25, 0.3) is 0 Å². The molecule has 1 aliphatic rings. The molecule has 1 amide bonds. The Kier molecular flexibility index (Phi) is 8.47. The van der Waals surface area contributed by atoms with Crippen molar-refractivity contribution < 1.29 is 34.8 Å². The van der Waals surface area contributed by atoms with Crippen LogP contribution in [-0.2, 0) is 14.3 Å². The fourth-order valence-electron chi connectivity index (χ4n) is 2.58. The SMILES string of the molecule is CC(C)CCC(=O)NC1C(N=C(N)N)C=C(C(=O)O)OC1C(O)C(O)CO. The fourth-order valence-corrected chi connectivity index (χ4v) is 2.58. The number of hydrogen-bond donors (Lipinski definition) is 7. The first-order valence-electron chi connectivity index (χ1n) is 8.53. The Morgan fingerprint density at radius 2 is 1.96 bits per heavy atom. The highest BCUT2D eigenvalue weighted by molar-refractivity contribution is 5.85. The Balaban J connectivity index is 3.21. The smallest absolute Gasteiger partial charge is 0.370 e. The summed E-state index contributed by atoms with van der Waals surface area (Å²) in [5, 5.41) is 41.0. The van der Waals surface area contributed by atoms with Gasteiger partial charge in [-0.25, -0.2) is 9.79 Å². The molecule has 0 aromatic carbocycles. The zero-order valence-corrected chi connectivity index (χ0v) is 15.3. The molecule has 1 aliphatic heterocycles. The molecule has 154 valence electrons. The number of aliphatic carboxylic acids is 1. The van der Waals surface area contributed by atoms with Gasteiger partial charge >= 0.3 is 5.97 Å². The van der Waals surface area contributed by atoms with Gasteiger partial charge in [-0.05, 0) is 18.4 Å². The lowest BCUT2D eigenvalue weighted by molar-refractivity contribution is -0.146. The van der Waals surface area contributed by atoms with Crippen LogP contribution in [0, 0.1) is 5.92 Å². The third-order valence-electron chi connectivity index (χ3n) is 4.01. The lowest BCUT2D eigenvalue weighted by atomic mass is 9.92. The van der Waals surface area contributed by atoms with Gasteiger partial charge in [0, 0.05) is 6.42 Å². The van der Waals surface area contributed by atoms with Crippen LogP contribution in [-0.4, -0.2) is 75.3 Å². The molecule has 0 aromatic heterocycles. The summed E-state index contributed by atoms with van der Waals surface area (Å²) in [6.45, 7) is 3.10. The molecule has 0 spiro atoms. The average molecular weight is 388 g/mol. The summed E-state index contributed by atoms with van der Waals surface area (Å²) in [6, 6.07) is -2.12. The van der Waals surface area contributed by atoms with Crippen LogP contribution in [0.5, 0.6) is 0 Å². The average Bonchev–Trinajstić information content (AvgIpc) is 2.59. The Hall–Kier alpha value is -2.37. The van der Waals surface area contributed by atoms with Gasteiger partial charge in [-0.2, -0.15) is 0 Å². The number of amides is 1. The number of hydrogen-bond acceptors (Lipinski definition) is 7. The Bertz CT molecular complexity index is 589. The quantitative estimate of drug-likeness (QED) is 0.166. The van der Waals surface area contributed by atoms with E-state index in [1.165, 1.54) is 0 Å². The van der Waals surface area contributed by atoms with Crippen molar-refractivity contribution in [3.8, 4) is 0 Å². The molecule has 11 heteroatoms. The third kappa shape index (κ3) is 6.70. The molecule has 0 aliphatic carbocycles. The maximum Gasteiger partial charge on any atom is 0.370 e. The Morgan fingerprint density at radius 1 is 1.33 bits per heavy atom. The van der Waals surface area contributed by atoms with E-state index in [0.717, 1.165) is 6.08 Å². The topological polar surface area (TPSA) is 201 Å². The van der Waals surface area contributed by atoms with Gasteiger partial charge < -0.3 is 41.9 Å². The molecule has 0 radical (unpaired) electrons. The van der Waals surface area contributed by atoms with Gasteiger partial charge in [0.05, 0.1) is 18.7 Å². The second-order valence-corrected chi connectivity index (χ2v) is 6.73. The number of nitrogens with one attached hydrogen (secondary N) is 1. The largest absolute Gasteiger partial charge is 0.478 e. The first-order valence-corrected chi connectivity index (χ1v) is 8.53. The number of carbonyl (C=O) groups is 2. The van der Waals surface area contributed by atoms with E-state index in [0.29, 0.717) is 6.42 Å². The Morgan fingerprint density at radius 3 is 2.44 bits per heavy atom. The summed E-state index contributed by atoms with van der Waals surface area (Å²) < 4.78 is 5.26. The van der Waals surface area contributed by atoms with Gasteiger partial charge in [0.15, 0.2) is 5.96 Å². The monoisotopic (exact) mass is 388 g/mol. The van der Waals surface area contributed by atoms with Crippen LogP contribution in [0.3, 0.4) is 0 Å². The molecule has 0 aromatic rings. The van der Waals surface area contributed by atoms with Crippen LogP contribution in [0.2, 0.25) is 0 Å². The van der Waals surface area contributed by atoms with E-state index in [1.807, 2.05) is 13.8 Å². The van der Waals surface area contributed by atoms with Crippen LogP contribution < -0.4 is 16.8 Å². The lowest BCUT2D eigenvalue weighted by Crippen LogP contribution is -2.60. The predicted octanol–water partition coefficient (Wildman–Crippen LogP) is -2.37. The van der Waals surface area contributed by atoms with Crippen LogP contribution in [0.1, 0.15) is 26.7 Å². The first-order chi connectivity index (χ1) is 12.6. The van der Waals surface area contributed by atoms with Gasteiger partial charge in [0.2, 0.25) is 11.7 Å². The van der Waals surface area contributed by atoms with Crippen LogP contribution in [0.4, 0.5) is 0 Å². The van der Waals surface area contributed by atoms with Crippen molar-refractivity contribution in [2.75, 3.05) is 6.61 Å². The van der Waals surface area contributed by atoms with Crippen molar-refractivity contribution >= 4 is 17.8 Å². The number of aliphatic hydroxyl groups is 3. The zero-order chi connectivity index (χ0) is 20.7. The molecular weight excluding hydrogens is 360 g/mol. The molecule has 5 atom stereocenters. The van der Waals surface area contributed by atoms with Crippen molar-refractivity contribution in [3.05, 3.63) is 11.8 Å². The summed E-state index contributed by atoms with van der Waals surface area (Å²) >= 11 is 0. The van der Waals surface area contributed by atoms with E-state index in [9.17, 15) is 24.9 Å². The minimum absolute atomic E-state index is 0.184. The van der Waals surface area contributed by atoms with E-state index in [1.54, 1.807) is 0 Å². The molecule has 27 heavy (non-hydrogen) atoms. The van der Waals surface area contributed by atoms with Crippen molar-refractivity contribution in [3.63, 3.8) is 0 Å². The predicted molar refractivity (Wildman–Crippen MR) is 95.3 cm³/mol. The number of carboxylic acids is 1. The summed E-state index contributed by atoms with van der Waals surface area (Å²) in [4.78, 5) is 27.5. The van der Waals surface area contributed by atoms with E-state index in [2.05, 4.69) is 10.3 Å². The van der Waals surface area contributed by atoms with E-state index < -0.39 is 48.7 Å². The molecule has 11 nitrogen and oxygen atoms in total. The number of guanidine groups is 1. The molecule has 9 N–H and O–H groups in total. The van der Waals surface area contributed by atoms with E-state index in [4.69, 9.17) is 21.3 Å². The van der Waals surface area contributed by atoms with Crippen LogP contribution in [0.15, 0.2) is 16.8 Å². The van der Waals surface area contributed by atoms with Crippen molar-refractivity contribution in [1.82, 2.24) is 5.32 Å². The van der Waals surface area contributed by atoms with E-state index in [-0.39, 0.29) is 24.2 Å². The molecular formula is C16H28N4O7. The highest BCUT2D eigenvalue weighted by atomic mass is 16.5. The maximum atomic E-state index is 12.3. The number of carboxylic acid groups (broad SMARTS) is 1. The van der Waals surface area contributed by atoms with Gasteiger partial charge in [0.1, 0.15) is 18.3 Å².